The predicted molar refractivity (Wildman–Crippen MR) is 63.9 cm³/mol. The highest BCUT2D eigenvalue weighted by Gasteiger charge is 2.56. The van der Waals surface area contributed by atoms with Crippen LogP contribution in [0.1, 0.15) is 26.2 Å². The molecule has 90 valence electrons. The topological polar surface area (TPSA) is 37.4 Å². The lowest BCUT2D eigenvalue weighted by atomic mass is 9.79. The normalized spacial score (nSPS) is 34.9. The van der Waals surface area contributed by atoms with Crippen LogP contribution in [0.4, 0.5) is 0 Å². The minimum atomic E-state index is -0.115. The molecule has 1 aliphatic heterocycles. The van der Waals surface area contributed by atoms with Gasteiger partial charge in [0.15, 0.2) is 0 Å². The summed E-state index contributed by atoms with van der Waals surface area (Å²) in [4.78, 5) is 25.8. The maximum atomic E-state index is 12.3. The van der Waals surface area contributed by atoms with E-state index in [2.05, 4.69) is 13.5 Å². The first-order chi connectivity index (χ1) is 8.19. The number of amides is 2. The largest absolute Gasteiger partial charge is 0.274 e. The Hall–Kier alpha value is -1.38. The molecule has 3 unspecified atom stereocenters. The highest BCUT2D eigenvalue weighted by atomic mass is 16.2. The molecule has 2 amide bonds. The molecule has 3 atom stereocenters. The molecule has 2 fully saturated rings. The number of carbonyl (C=O) groups is 2. The summed E-state index contributed by atoms with van der Waals surface area (Å²) in [5.74, 6) is 0.863. The number of hydrogen-bond acceptors (Lipinski definition) is 2. The summed E-state index contributed by atoms with van der Waals surface area (Å²) in [6.07, 6.45) is 4.76. The van der Waals surface area contributed by atoms with Crippen LogP contribution in [-0.2, 0) is 9.59 Å². The minimum Gasteiger partial charge on any atom is -0.274 e. The molecule has 1 heterocycles. The Bertz CT molecular complexity index is 449. The molecule has 3 nitrogen and oxygen atoms in total. The summed E-state index contributed by atoms with van der Waals surface area (Å²) in [5, 5.41) is 0. The van der Waals surface area contributed by atoms with Crippen molar-refractivity contribution in [1.29, 1.82) is 0 Å². The van der Waals surface area contributed by atoms with Crippen LogP contribution in [-0.4, -0.2) is 23.3 Å². The van der Waals surface area contributed by atoms with Gasteiger partial charge in [0.25, 0.3) is 5.91 Å². The average molecular weight is 231 g/mol. The summed E-state index contributed by atoms with van der Waals surface area (Å²) < 4.78 is 0. The van der Waals surface area contributed by atoms with E-state index in [-0.39, 0.29) is 17.7 Å². The monoisotopic (exact) mass is 231 g/mol. The maximum absolute atomic E-state index is 12.3. The van der Waals surface area contributed by atoms with Crippen molar-refractivity contribution < 1.29 is 9.59 Å². The highest BCUT2D eigenvalue weighted by molar-refractivity contribution is 6.16. The third-order valence-corrected chi connectivity index (χ3v) is 4.56. The van der Waals surface area contributed by atoms with Crippen molar-refractivity contribution >= 4 is 11.8 Å². The van der Waals surface area contributed by atoms with Crippen molar-refractivity contribution in [3.8, 4) is 0 Å². The molecule has 3 heteroatoms. The van der Waals surface area contributed by atoms with E-state index in [1.54, 1.807) is 6.08 Å². The zero-order valence-electron chi connectivity index (χ0n) is 10.1. The van der Waals surface area contributed by atoms with Gasteiger partial charge in [-0.25, -0.2) is 0 Å². The van der Waals surface area contributed by atoms with E-state index in [1.807, 2.05) is 0 Å². The Balaban J connectivity index is 1.99. The van der Waals surface area contributed by atoms with E-state index in [0.717, 1.165) is 24.8 Å². The van der Waals surface area contributed by atoms with Crippen LogP contribution in [0.3, 0.4) is 0 Å². The van der Waals surface area contributed by atoms with Gasteiger partial charge in [0.2, 0.25) is 5.91 Å². The van der Waals surface area contributed by atoms with Crippen molar-refractivity contribution in [3.05, 3.63) is 23.8 Å². The first-order valence-electron chi connectivity index (χ1n) is 6.37. The molecule has 0 N–H and O–H groups in total. The van der Waals surface area contributed by atoms with Gasteiger partial charge in [0.05, 0.1) is 5.92 Å². The van der Waals surface area contributed by atoms with Gasteiger partial charge in [-0.1, -0.05) is 25.0 Å². The molecule has 17 heavy (non-hydrogen) atoms. The van der Waals surface area contributed by atoms with E-state index in [4.69, 9.17) is 0 Å². The van der Waals surface area contributed by atoms with Crippen molar-refractivity contribution in [2.24, 2.45) is 17.8 Å². The fraction of sp³-hybridized carbons (Fsp3) is 0.571. The molecule has 0 aromatic rings. The van der Waals surface area contributed by atoms with E-state index >= 15 is 0 Å². The van der Waals surface area contributed by atoms with Crippen molar-refractivity contribution in [3.63, 3.8) is 0 Å². The maximum Gasteiger partial charge on any atom is 0.257 e. The summed E-state index contributed by atoms with van der Waals surface area (Å²) >= 11 is 0. The lowest BCUT2D eigenvalue weighted by Gasteiger charge is -2.23. The van der Waals surface area contributed by atoms with Gasteiger partial charge < -0.3 is 0 Å². The van der Waals surface area contributed by atoms with Crippen LogP contribution in [0.2, 0.25) is 0 Å². The number of hydrogen-bond donors (Lipinski definition) is 0. The number of fused-ring (bicyclic) bond motifs is 4. The van der Waals surface area contributed by atoms with Crippen LogP contribution in [0.15, 0.2) is 23.8 Å². The fourth-order valence-corrected chi connectivity index (χ4v) is 3.80. The second kappa shape index (κ2) is 3.56. The predicted octanol–water partition coefficient (Wildman–Crippen LogP) is 1.90. The van der Waals surface area contributed by atoms with Gasteiger partial charge in [-0.2, -0.15) is 0 Å². The average Bonchev–Trinajstić information content (AvgIpc) is 2.96. The van der Waals surface area contributed by atoms with E-state index < -0.39 is 0 Å². The Labute approximate surface area is 101 Å². The van der Waals surface area contributed by atoms with Gasteiger partial charge in [0.1, 0.15) is 0 Å². The molecular weight excluding hydrogens is 214 g/mol. The summed E-state index contributed by atoms with van der Waals surface area (Å²) in [5.41, 5.74) is 2.10. The Morgan fingerprint density at radius 1 is 1.41 bits per heavy atom. The second-order valence-corrected chi connectivity index (χ2v) is 5.28. The lowest BCUT2D eigenvalue weighted by Crippen LogP contribution is -2.33. The molecule has 0 aromatic heterocycles. The molecule has 0 aromatic carbocycles. The van der Waals surface area contributed by atoms with E-state index in [9.17, 15) is 9.59 Å². The first kappa shape index (κ1) is 10.8. The molecular formula is C14H17NO2. The third kappa shape index (κ3) is 1.22. The molecule has 3 rings (SSSR count). The minimum absolute atomic E-state index is 0.0167. The molecule has 2 aliphatic carbocycles. The number of rotatable bonds is 3. The first-order valence-corrected chi connectivity index (χ1v) is 6.37. The summed E-state index contributed by atoms with van der Waals surface area (Å²) in [7, 11) is 0. The van der Waals surface area contributed by atoms with Gasteiger partial charge in [-0.15, -0.1) is 6.58 Å². The summed E-state index contributed by atoms with van der Waals surface area (Å²) in [6.45, 7) is 6.14. The zero-order chi connectivity index (χ0) is 12.2. The third-order valence-electron chi connectivity index (χ3n) is 4.56. The Morgan fingerprint density at radius 2 is 2.18 bits per heavy atom. The van der Waals surface area contributed by atoms with Crippen molar-refractivity contribution in [1.82, 2.24) is 4.90 Å². The SMILES string of the molecule is C=CCN1C(=O)C2=C3CC(CC)C(C3)C2C1=O. The zero-order valence-corrected chi connectivity index (χ0v) is 10.1. The number of imide groups is 1. The van der Waals surface area contributed by atoms with Crippen LogP contribution in [0.5, 0.6) is 0 Å². The standard InChI is InChI=1S/C14H17NO2/c1-3-5-15-13(16)11-9-6-8(4-2)10(7-9)12(11)14(15)17/h3,8,10,12H,1,4-7H2,2H3. The van der Waals surface area contributed by atoms with Crippen LogP contribution in [0.25, 0.3) is 0 Å². The molecule has 1 saturated carbocycles. The van der Waals surface area contributed by atoms with Gasteiger partial charge in [-0.05, 0) is 24.7 Å². The van der Waals surface area contributed by atoms with Crippen LogP contribution >= 0.6 is 0 Å². The summed E-state index contributed by atoms with van der Waals surface area (Å²) in [6, 6.07) is 0. The fourth-order valence-electron chi connectivity index (χ4n) is 3.80. The lowest BCUT2D eigenvalue weighted by molar-refractivity contribution is -0.139. The van der Waals surface area contributed by atoms with Crippen molar-refractivity contribution in [2.45, 2.75) is 26.2 Å². The molecule has 2 bridgehead atoms. The number of allylic oxidation sites excluding steroid dienone is 1. The number of carbonyl (C=O) groups excluding carboxylic acids is 2. The quantitative estimate of drug-likeness (QED) is 0.549. The second-order valence-electron chi connectivity index (χ2n) is 5.28. The Morgan fingerprint density at radius 3 is 2.82 bits per heavy atom. The smallest absolute Gasteiger partial charge is 0.257 e. The highest BCUT2D eigenvalue weighted by Crippen LogP contribution is 2.55. The number of likely N-dealkylation sites (tertiary alicyclic amines) is 1. The molecule has 0 radical (unpaired) electrons. The molecule has 1 saturated heterocycles. The molecule has 0 spiro atoms. The van der Waals surface area contributed by atoms with Crippen LogP contribution < -0.4 is 0 Å². The van der Waals surface area contributed by atoms with Gasteiger partial charge >= 0.3 is 0 Å². The van der Waals surface area contributed by atoms with Gasteiger partial charge in [0, 0.05) is 12.1 Å². The van der Waals surface area contributed by atoms with Gasteiger partial charge in [-0.3, -0.25) is 14.5 Å². The van der Waals surface area contributed by atoms with E-state index in [1.165, 1.54) is 10.5 Å². The van der Waals surface area contributed by atoms with Crippen molar-refractivity contribution in [2.75, 3.05) is 6.54 Å². The molecule has 3 aliphatic rings. The Kier molecular flexibility index (Phi) is 2.25. The van der Waals surface area contributed by atoms with E-state index in [0.29, 0.717) is 18.4 Å². The van der Waals surface area contributed by atoms with Crippen LogP contribution in [0, 0.1) is 17.8 Å². The number of nitrogens with zero attached hydrogens (tertiary/aromatic N) is 1.